The van der Waals surface area contributed by atoms with E-state index in [4.69, 9.17) is 6.42 Å². The summed E-state index contributed by atoms with van der Waals surface area (Å²) in [6, 6.07) is 0. The Hall–Kier alpha value is -1.01. The monoisotopic (exact) mass is 152 g/mol. The van der Waals surface area contributed by atoms with Crippen LogP contribution < -0.4 is 5.32 Å². The van der Waals surface area contributed by atoms with E-state index in [1.165, 1.54) is 6.42 Å². The minimum atomic E-state index is 0.0302. The number of likely N-dealkylation sites (tertiary alicyclic amines) is 1. The lowest BCUT2D eigenvalue weighted by Crippen LogP contribution is -2.44. The summed E-state index contributed by atoms with van der Waals surface area (Å²) >= 11 is 0. The van der Waals surface area contributed by atoms with Crippen molar-refractivity contribution in [3.63, 3.8) is 0 Å². The molecule has 1 saturated heterocycles. The molecule has 60 valence electrons. The molecule has 1 N–H and O–H groups in total. The van der Waals surface area contributed by atoms with Crippen molar-refractivity contribution in [2.24, 2.45) is 0 Å². The lowest BCUT2D eigenvalue weighted by atomic mass is 10.2. The zero-order valence-corrected chi connectivity index (χ0v) is 6.47. The first-order valence-electron chi connectivity index (χ1n) is 3.75. The van der Waals surface area contributed by atoms with Crippen LogP contribution in [-0.4, -0.2) is 37.0 Å². The van der Waals surface area contributed by atoms with Crippen LogP contribution in [0.2, 0.25) is 0 Å². The smallest absolute Gasteiger partial charge is 0.234 e. The van der Waals surface area contributed by atoms with Gasteiger partial charge in [0.2, 0.25) is 5.91 Å². The van der Waals surface area contributed by atoms with E-state index in [1.54, 1.807) is 0 Å². The predicted molar refractivity (Wildman–Crippen MR) is 42.9 cm³/mol. The summed E-state index contributed by atoms with van der Waals surface area (Å²) in [6.45, 7) is 2.93. The molecular formula is C8H12N2O. The van der Waals surface area contributed by atoms with Gasteiger partial charge in [-0.2, -0.15) is 0 Å². The van der Waals surface area contributed by atoms with Crippen molar-refractivity contribution < 1.29 is 4.79 Å². The number of nitrogens with one attached hydrogen (secondary N) is 1. The van der Waals surface area contributed by atoms with Crippen molar-refractivity contribution in [3.05, 3.63) is 0 Å². The van der Waals surface area contributed by atoms with Crippen LogP contribution in [0.1, 0.15) is 6.42 Å². The highest BCUT2D eigenvalue weighted by Gasteiger charge is 2.15. The average molecular weight is 152 g/mol. The molecule has 1 aliphatic heterocycles. The van der Waals surface area contributed by atoms with Crippen LogP contribution >= 0.6 is 0 Å². The summed E-state index contributed by atoms with van der Waals surface area (Å²) in [4.78, 5) is 13.0. The van der Waals surface area contributed by atoms with Crippen LogP contribution in [0.25, 0.3) is 0 Å². The Morgan fingerprint density at radius 2 is 2.36 bits per heavy atom. The van der Waals surface area contributed by atoms with E-state index < -0.39 is 0 Å². The maximum Gasteiger partial charge on any atom is 0.234 e. The molecule has 0 aromatic heterocycles. The molecule has 0 aromatic rings. The van der Waals surface area contributed by atoms with Gasteiger partial charge in [0.1, 0.15) is 0 Å². The van der Waals surface area contributed by atoms with E-state index >= 15 is 0 Å². The minimum Gasteiger partial charge on any atom is -0.344 e. The van der Waals surface area contributed by atoms with Gasteiger partial charge in [0.25, 0.3) is 0 Å². The van der Waals surface area contributed by atoms with Gasteiger partial charge in [0.05, 0.1) is 13.1 Å². The highest BCUT2D eigenvalue weighted by atomic mass is 16.2. The van der Waals surface area contributed by atoms with E-state index in [9.17, 15) is 4.79 Å². The van der Waals surface area contributed by atoms with Gasteiger partial charge in [-0.3, -0.25) is 9.69 Å². The van der Waals surface area contributed by atoms with Crippen LogP contribution in [0, 0.1) is 12.3 Å². The molecule has 0 radical (unpaired) electrons. The molecule has 3 nitrogen and oxygen atoms in total. The van der Waals surface area contributed by atoms with E-state index in [-0.39, 0.29) is 5.91 Å². The number of carbonyl (C=O) groups is 1. The standard InChI is InChI=1S/C8H12N2O/c1-2-4-9-8(11)7-10-5-3-6-10/h1H,3-7H2,(H,9,11). The van der Waals surface area contributed by atoms with Crippen LogP contribution in [0.15, 0.2) is 0 Å². The first-order valence-corrected chi connectivity index (χ1v) is 3.75. The summed E-state index contributed by atoms with van der Waals surface area (Å²) < 4.78 is 0. The summed E-state index contributed by atoms with van der Waals surface area (Å²) in [5.74, 6) is 2.39. The molecule has 0 atom stereocenters. The predicted octanol–water partition coefficient (Wildman–Crippen LogP) is -0.558. The van der Waals surface area contributed by atoms with Gasteiger partial charge < -0.3 is 5.32 Å². The molecule has 3 heteroatoms. The fourth-order valence-corrected chi connectivity index (χ4v) is 0.948. The van der Waals surface area contributed by atoms with Gasteiger partial charge >= 0.3 is 0 Å². The average Bonchev–Trinajstić information content (AvgIpc) is 1.93. The lowest BCUT2D eigenvalue weighted by Gasteiger charge is -2.29. The highest BCUT2D eigenvalue weighted by Crippen LogP contribution is 2.03. The van der Waals surface area contributed by atoms with Gasteiger partial charge in [0.15, 0.2) is 0 Å². The number of carbonyl (C=O) groups excluding carboxylic acids is 1. The van der Waals surface area contributed by atoms with Crippen LogP contribution in [0.4, 0.5) is 0 Å². The molecule has 1 heterocycles. The van der Waals surface area contributed by atoms with Gasteiger partial charge in [-0.15, -0.1) is 6.42 Å². The second-order valence-corrected chi connectivity index (χ2v) is 2.61. The third-order valence-corrected chi connectivity index (χ3v) is 1.70. The van der Waals surface area contributed by atoms with Gasteiger partial charge in [-0.05, 0) is 19.5 Å². The summed E-state index contributed by atoms with van der Waals surface area (Å²) in [5, 5.41) is 2.61. The normalized spacial score (nSPS) is 16.6. The minimum absolute atomic E-state index is 0.0302. The zero-order chi connectivity index (χ0) is 8.10. The third-order valence-electron chi connectivity index (χ3n) is 1.70. The number of hydrogen-bond donors (Lipinski definition) is 1. The molecule has 1 aliphatic rings. The van der Waals surface area contributed by atoms with E-state index in [0.29, 0.717) is 13.1 Å². The Morgan fingerprint density at radius 1 is 1.64 bits per heavy atom. The van der Waals surface area contributed by atoms with Crippen molar-refractivity contribution in [1.82, 2.24) is 10.2 Å². The molecule has 0 aliphatic carbocycles. The summed E-state index contributed by atoms with van der Waals surface area (Å²) in [7, 11) is 0. The van der Waals surface area contributed by atoms with Crippen LogP contribution in [0.3, 0.4) is 0 Å². The third kappa shape index (κ3) is 2.60. The molecule has 0 saturated carbocycles. The fourth-order valence-electron chi connectivity index (χ4n) is 0.948. The van der Waals surface area contributed by atoms with Crippen molar-refractivity contribution in [3.8, 4) is 12.3 Å². The molecular weight excluding hydrogens is 140 g/mol. The Balaban J connectivity index is 2.06. The molecule has 1 fully saturated rings. The van der Waals surface area contributed by atoms with Crippen molar-refractivity contribution >= 4 is 5.91 Å². The topological polar surface area (TPSA) is 32.3 Å². The molecule has 0 aromatic carbocycles. The fraction of sp³-hybridized carbons (Fsp3) is 0.625. The Kier molecular flexibility index (Phi) is 2.94. The number of hydrogen-bond acceptors (Lipinski definition) is 2. The summed E-state index contributed by atoms with van der Waals surface area (Å²) in [5.41, 5.74) is 0. The second-order valence-electron chi connectivity index (χ2n) is 2.61. The molecule has 0 spiro atoms. The number of nitrogens with zero attached hydrogens (tertiary/aromatic N) is 1. The highest BCUT2D eigenvalue weighted by molar-refractivity contribution is 5.78. The first-order chi connectivity index (χ1) is 5.33. The molecule has 1 rings (SSSR count). The largest absolute Gasteiger partial charge is 0.344 e. The maximum atomic E-state index is 11.0. The molecule has 11 heavy (non-hydrogen) atoms. The maximum absolute atomic E-state index is 11.0. The van der Waals surface area contributed by atoms with Gasteiger partial charge in [-0.1, -0.05) is 5.92 Å². The SMILES string of the molecule is C#CCNC(=O)CN1CCC1. The number of rotatable bonds is 3. The van der Waals surface area contributed by atoms with Gasteiger partial charge in [0, 0.05) is 0 Å². The van der Waals surface area contributed by atoms with E-state index in [0.717, 1.165) is 13.1 Å². The van der Waals surface area contributed by atoms with E-state index in [1.807, 2.05) is 0 Å². The summed E-state index contributed by atoms with van der Waals surface area (Å²) in [6.07, 6.45) is 6.19. The van der Waals surface area contributed by atoms with Gasteiger partial charge in [-0.25, -0.2) is 0 Å². The zero-order valence-electron chi connectivity index (χ0n) is 6.47. The molecule has 1 amide bonds. The number of terminal acetylenes is 1. The Labute approximate surface area is 66.8 Å². The Morgan fingerprint density at radius 3 is 2.82 bits per heavy atom. The lowest BCUT2D eigenvalue weighted by molar-refractivity contribution is -0.122. The molecule has 0 unspecified atom stereocenters. The second kappa shape index (κ2) is 3.99. The Bertz CT molecular complexity index is 179. The molecule has 0 bridgehead atoms. The van der Waals surface area contributed by atoms with Crippen molar-refractivity contribution in [1.29, 1.82) is 0 Å². The van der Waals surface area contributed by atoms with Crippen molar-refractivity contribution in [2.75, 3.05) is 26.2 Å². The van der Waals surface area contributed by atoms with Crippen LogP contribution in [0.5, 0.6) is 0 Å². The first kappa shape index (κ1) is 8.09. The quantitative estimate of drug-likeness (QED) is 0.550. The van der Waals surface area contributed by atoms with E-state index in [2.05, 4.69) is 16.1 Å². The number of amides is 1. The van der Waals surface area contributed by atoms with Crippen LogP contribution in [-0.2, 0) is 4.79 Å². The van der Waals surface area contributed by atoms with Crippen molar-refractivity contribution in [2.45, 2.75) is 6.42 Å².